The van der Waals surface area contributed by atoms with Crippen molar-refractivity contribution in [3.63, 3.8) is 0 Å². The predicted octanol–water partition coefficient (Wildman–Crippen LogP) is 4.49. The van der Waals surface area contributed by atoms with Crippen molar-refractivity contribution in [2.75, 3.05) is 26.6 Å². The van der Waals surface area contributed by atoms with E-state index in [2.05, 4.69) is 10.3 Å². The number of rotatable bonds is 8. The summed E-state index contributed by atoms with van der Waals surface area (Å²) in [6.07, 6.45) is 3.38. The van der Waals surface area contributed by atoms with Crippen LogP contribution in [0.15, 0.2) is 40.8 Å². The normalized spacial score (nSPS) is 10.6. The van der Waals surface area contributed by atoms with Crippen LogP contribution >= 0.6 is 0 Å². The summed E-state index contributed by atoms with van der Waals surface area (Å²) >= 11 is 0. The molecule has 1 heterocycles. The second-order valence-electron chi connectivity index (χ2n) is 6.11. The Bertz CT molecular complexity index is 1060. The van der Waals surface area contributed by atoms with Crippen molar-refractivity contribution in [1.82, 2.24) is 4.98 Å². The molecule has 0 fully saturated rings. The van der Waals surface area contributed by atoms with Gasteiger partial charge in [-0.15, -0.1) is 0 Å². The van der Waals surface area contributed by atoms with Crippen LogP contribution in [0.5, 0.6) is 17.2 Å². The lowest BCUT2D eigenvalue weighted by molar-refractivity contribution is 0.324. The first kappa shape index (κ1) is 20.7. The third kappa shape index (κ3) is 4.70. The summed E-state index contributed by atoms with van der Waals surface area (Å²) in [7, 11) is 4.61. The third-order valence-electron chi connectivity index (χ3n) is 4.22. The number of methoxy groups -OCH3 is 3. The van der Waals surface area contributed by atoms with Gasteiger partial charge in [-0.2, -0.15) is 10.2 Å². The van der Waals surface area contributed by atoms with Crippen molar-refractivity contribution in [3.05, 3.63) is 64.9 Å². The number of nitrogens with one attached hydrogen (secondary N) is 1. The summed E-state index contributed by atoms with van der Waals surface area (Å²) < 4.78 is 34.6. The van der Waals surface area contributed by atoms with E-state index in [1.54, 1.807) is 36.4 Å². The van der Waals surface area contributed by atoms with Crippen molar-refractivity contribution in [1.29, 1.82) is 5.26 Å². The minimum atomic E-state index is -0.310. The lowest BCUT2D eigenvalue weighted by Crippen LogP contribution is -1.99. The molecule has 154 valence electrons. The molecule has 2 aromatic carbocycles. The molecule has 7 nitrogen and oxygen atoms in total. The summed E-state index contributed by atoms with van der Waals surface area (Å²) in [6, 6.07) is 11.6. The number of halogens is 1. The lowest BCUT2D eigenvalue weighted by Gasteiger charge is -2.12. The van der Waals surface area contributed by atoms with Gasteiger partial charge in [0.15, 0.2) is 11.5 Å². The van der Waals surface area contributed by atoms with Crippen LogP contribution in [0.3, 0.4) is 0 Å². The van der Waals surface area contributed by atoms with Crippen LogP contribution in [0.25, 0.3) is 12.2 Å². The van der Waals surface area contributed by atoms with Gasteiger partial charge in [-0.1, -0.05) is 12.1 Å². The third-order valence-corrected chi connectivity index (χ3v) is 4.22. The topological polar surface area (TPSA) is 89.5 Å². The van der Waals surface area contributed by atoms with E-state index in [0.29, 0.717) is 23.8 Å². The van der Waals surface area contributed by atoms with E-state index in [0.717, 1.165) is 11.1 Å². The first-order valence-corrected chi connectivity index (χ1v) is 8.95. The van der Waals surface area contributed by atoms with E-state index in [1.807, 2.05) is 6.07 Å². The molecule has 1 N–H and O–H groups in total. The van der Waals surface area contributed by atoms with Gasteiger partial charge in [-0.05, 0) is 41.5 Å². The molecule has 0 amide bonds. The molecular weight excluding hydrogens is 389 g/mol. The van der Waals surface area contributed by atoms with E-state index in [9.17, 15) is 9.65 Å². The maximum Gasteiger partial charge on any atom is 0.232 e. The Hall–Kier alpha value is -3.99. The van der Waals surface area contributed by atoms with E-state index >= 15 is 0 Å². The van der Waals surface area contributed by atoms with Crippen LogP contribution in [-0.2, 0) is 6.54 Å². The molecule has 0 aliphatic carbocycles. The molecular formula is C22H20FN3O4. The summed E-state index contributed by atoms with van der Waals surface area (Å²) in [5, 5.41) is 12.3. The number of aromatic nitrogens is 1. The highest BCUT2D eigenvalue weighted by molar-refractivity contribution is 5.71. The zero-order chi connectivity index (χ0) is 21.5. The second-order valence-corrected chi connectivity index (χ2v) is 6.11. The van der Waals surface area contributed by atoms with Gasteiger partial charge >= 0.3 is 0 Å². The molecule has 0 bridgehead atoms. The summed E-state index contributed by atoms with van der Waals surface area (Å²) in [4.78, 5) is 4.16. The van der Waals surface area contributed by atoms with Crippen LogP contribution in [-0.4, -0.2) is 26.3 Å². The van der Waals surface area contributed by atoms with Gasteiger partial charge in [0.05, 0.1) is 21.3 Å². The van der Waals surface area contributed by atoms with E-state index in [1.165, 1.54) is 33.5 Å². The monoisotopic (exact) mass is 409 g/mol. The van der Waals surface area contributed by atoms with Crippen molar-refractivity contribution in [2.24, 2.45) is 0 Å². The fraction of sp³-hybridized carbons (Fsp3) is 0.182. The first-order valence-electron chi connectivity index (χ1n) is 8.95. The standard InChI is InChI=1S/C22H20FN3O4/c1-27-18-10-15(11-19(28-2)21(18)29-3)6-9-20-26-17(12-24)22(30-20)25-13-14-4-7-16(23)8-5-14/h4-11,25H,13H2,1-3H3. The fourth-order valence-electron chi connectivity index (χ4n) is 2.75. The molecule has 0 unspecified atom stereocenters. The molecule has 0 atom stereocenters. The largest absolute Gasteiger partial charge is 0.493 e. The van der Waals surface area contributed by atoms with Crippen molar-refractivity contribution >= 4 is 18.0 Å². The summed E-state index contributed by atoms with van der Waals surface area (Å²) in [6.45, 7) is 0.361. The maximum absolute atomic E-state index is 13.0. The Morgan fingerprint density at radius 2 is 1.73 bits per heavy atom. The smallest absolute Gasteiger partial charge is 0.232 e. The van der Waals surface area contributed by atoms with Crippen LogP contribution in [0.1, 0.15) is 22.7 Å². The first-order chi connectivity index (χ1) is 14.6. The van der Waals surface area contributed by atoms with Gasteiger partial charge in [0.2, 0.25) is 23.2 Å². The molecule has 1 aromatic heterocycles. The van der Waals surface area contributed by atoms with Gasteiger partial charge in [0, 0.05) is 12.6 Å². The van der Waals surface area contributed by atoms with Gasteiger partial charge in [0.1, 0.15) is 11.9 Å². The molecule has 0 aliphatic heterocycles. The highest BCUT2D eigenvalue weighted by atomic mass is 19.1. The average molecular weight is 409 g/mol. The highest BCUT2D eigenvalue weighted by Crippen LogP contribution is 2.38. The lowest BCUT2D eigenvalue weighted by atomic mass is 10.1. The minimum absolute atomic E-state index is 0.127. The number of nitriles is 1. The summed E-state index contributed by atoms with van der Waals surface area (Å²) in [5.74, 6) is 1.71. The number of hydrogen-bond acceptors (Lipinski definition) is 7. The van der Waals surface area contributed by atoms with Crippen molar-refractivity contribution in [3.8, 4) is 23.3 Å². The van der Waals surface area contributed by atoms with E-state index in [-0.39, 0.29) is 23.3 Å². The Kier molecular flexibility index (Phi) is 6.55. The van der Waals surface area contributed by atoms with Gasteiger partial charge in [0.25, 0.3) is 0 Å². The highest BCUT2D eigenvalue weighted by Gasteiger charge is 2.13. The molecule has 0 saturated heterocycles. The predicted molar refractivity (Wildman–Crippen MR) is 110 cm³/mol. The van der Waals surface area contributed by atoms with Crippen molar-refractivity contribution in [2.45, 2.75) is 6.54 Å². The zero-order valence-corrected chi connectivity index (χ0v) is 16.7. The fourth-order valence-corrected chi connectivity index (χ4v) is 2.75. The maximum atomic E-state index is 13.0. The van der Waals surface area contributed by atoms with Crippen molar-refractivity contribution < 1.29 is 23.0 Å². The van der Waals surface area contributed by atoms with Crippen LogP contribution in [0.4, 0.5) is 10.3 Å². The van der Waals surface area contributed by atoms with Gasteiger partial charge < -0.3 is 23.9 Å². The van der Waals surface area contributed by atoms with E-state index < -0.39 is 0 Å². The van der Waals surface area contributed by atoms with Crippen LogP contribution < -0.4 is 19.5 Å². The Morgan fingerprint density at radius 3 is 2.30 bits per heavy atom. The van der Waals surface area contributed by atoms with Gasteiger partial charge in [-0.3, -0.25) is 0 Å². The number of anilines is 1. The molecule has 3 aromatic rings. The average Bonchev–Trinajstić information content (AvgIpc) is 3.18. The Morgan fingerprint density at radius 1 is 1.07 bits per heavy atom. The van der Waals surface area contributed by atoms with Crippen LogP contribution in [0, 0.1) is 17.1 Å². The molecule has 8 heteroatoms. The van der Waals surface area contributed by atoms with E-state index in [4.69, 9.17) is 18.6 Å². The SMILES string of the molecule is COc1cc(C=Cc2nc(C#N)c(NCc3ccc(F)cc3)o2)cc(OC)c1OC. The number of hydrogen-bond donors (Lipinski definition) is 1. The summed E-state index contributed by atoms with van der Waals surface area (Å²) in [5.41, 5.74) is 1.73. The number of oxazole rings is 1. The Balaban J connectivity index is 1.79. The quantitative estimate of drug-likeness (QED) is 0.586. The molecule has 0 radical (unpaired) electrons. The molecule has 0 saturated carbocycles. The minimum Gasteiger partial charge on any atom is -0.493 e. The molecule has 3 rings (SSSR count). The molecule has 0 spiro atoms. The second kappa shape index (κ2) is 9.47. The zero-order valence-electron chi connectivity index (χ0n) is 16.7. The number of ether oxygens (including phenoxy) is 3. The molecule has 30 heavy (non-hydrogen) atoms. The van der Waals surface area contributed by atoms with Gasteiger partial charge in [-0.25, -0.2) is 4.39 Å². The number of benzene rings is 2. The van der Waals surface area contributed by atoms with Crippen LogP contribution in [0.2, 0.25) is 0 Å². The number of nitrogens with zero attached hydrogens (tertiary/aromatic N) is 2. The Labute approximate surface area is 173 Å². The molecule has 0 aliphatic rings.